The smallest absolute Gasteiger partial charge is 0.317 e. The summed E-state index contributed by atoms with van der Waals surface area (Å²) in [6, 6.07) is 0. The highest BCUT2D eigenvalue weighted by Gasteiger charge is 2.54. The Kier molecular flexibility index (Phi) is 3.78. The molecule has 2 heterocycles. The lowest BCUT2D eigenvalue weighted by molar-refractivity contribution is -0.155. The maximum atomic E-state index is 12.0. The molecule has 2 saturated heterocycles. The number of esters is 4. The van der Waals surface area contributed by atoms with Crippen molar-refractivity contribution < 1.29 is 28.7 Å². The van der Waals surface area contributed by atoms with Gasteiger partial charge in [-0.3, -0.25) is 19.2 Å². The Morgan fingerprint density at radius 3 is 1.40 bits per heavy atom. The number of ether oxygens (including phenoxy) is 2. The van der Waals surface area contributed by atoms with Gasteiger partial charge in [0, 0.05) is 0 Å². The van der Waals surface area contributed by atoms with Crippen LogP contribution in [0.15, 0.2) is 0 Å². The van der Waals surface area contributed by atoms with Crippen LogP contribution in [0.25, 0.3) is 0 Å². The largest absolute Gasteiger partial charge is 0.393 e. The number of fused-ring (bicyclic) bond motifs is 2. The summed E-state index contributed by atoms with van der Waals surface area (Å²) in [5.41, 5.74) is -0.0617. The van der Waals surface area contributed by atoms with Gasteiger partial charge < -0.3 is 9.47 Å². The fourth-order valence-electron chi connectivity index (χ4n) is 5.61. The number of hydrogen-bond donors (Lipinski definition) is 0. The van der Waals surface area contributed by atoms with E-state index in [1.165, 1.54) is 0 Å². The molecule has 0 N–H and O–H groups in total. The Morgan fingerprint density at radius 2 is 1.00 bits per heavy atom. The van der Waals surface area contributed by atoms with E-state index in [1.54, 1.807) is 0 Å². The van der Waals surface area contributed by atoms with E-state index in [4.69, 9.17) is 9.47 Å². The third kappa shape index (κ3) is 2.52. The predicted octanol–water partition coefficient (Wildman–Crippen LogP) is 2.24. The van der Waals surface area contributed by atoms with Crippen molar-refractivity contribution in [2.24, 2.45) is 40.9 Å². The van der Waals surface area contributed by atoms with E-state index < -0.39 is 0 Å². The van der Waals surface area contributed by atoms with Crippen molar-refractivity contribution in [2.45, 2.75) is 52.4 Å². The summed E-state index contributed by atoms with van der Waals surface area (Å²) in [7, 11) is 0. The number of carbonyl (C=O) groups is 4. The second-order valence-corrected chi connectivity index (χ2v) is 8.75. The fourth-order valence-corrected chi connectivity index (χ4v) is 5.61. The van der Waals surface area contributed by atoms with Gasteiger partial charge in [0.25, 0.3) is 0 Å². The molecule has 2 aliphatic heterocycles. The summed E-state index contributed by atoms with van der Waals surface area (Å²) in [6.07, 6.45) is 4.53. The van der Waals surface area contributed by atoms with Crippen molar-refractivity contribution in [3.63, 3.8) is 0 Å². The zero-order chi connectivity index (χ0) is 17.9. The van der Waals surface area contributed by atoms with Gasteiger partial charge in [0.1, 0.15) is 0 Å². The zero-order valence-electron chi connectivity index (χ0n) is 14.7. The highest BCUT2D eigenvalue weighted by Crippen LogP contribution is 2.54. The van der Waals surface area contributed by atoms with E-state index in [0.717, 1.165) is 12.8 Å². The monoisotopic (exact) mass is 348 g/mol. The Hall–Kier alpha value is -1.72. The maximum absolute atomic E-state index is 12.0. The van der Waals surface area contributed by atoms with Gasteiger partial charge in [-0.15, -0.1) is 0 Å². The second kappa shape index (κ2) is 5.64. The van der Waals surface area contributed by atoms with Crippen LogP contribution in [0.4, 0.5) is 0 Å². The molecule has 0 aromatic rings. The molecule has 6 atom stereocenters. The van der Waals surface area contributed by atoms with E-state index in [1.807, 2.05) is 0 Å². The van der Waals surface area contributed by atoms with Gasteiger partial charge in [-0.25, -0.2) is 0 Å². The summed E-state index contributed by atoms with van der Waals surface area (Å²) in [5, 5.41) is 0. The second-order valence-electron chi connectivity index (χ2n) is 8.75. The van der Waals surface area contributed by atoms with Crippen LogP contribution in [0.2, 0.25) is 0 Å². The average Bonchev–Trinajstić information content (AvgIpc) is 3.03. The SMILES string of the molecule is CC(C)(C1CCC2C(=O)OC(=O)C2C1)C1CCC2C(=O)OC(=O)C2C1. The molecule has 0 bridgehead atoms. The zero-order valence-corrected chi connectivity index (χ0v) is 14.7. The Bertz CT molecular complexity index is 596. The first-order chi connectivity index (χ1) is 11.8. The summed E-state index contributed by atoms with van der Waals surface area (Å²) < 4.78 is 9.64. The van der Waals surface area contributed by atoms with Crippen LogP contribution in [-0.4, -0.2) is 23.9 Å². The number of hydrogen-bond acceptors (Lipinski definition) is 6. The van der Waals surface area contributed by atoms with Crippen LogP contribution in [0.3, 0.4) is 0 Å². The maximum Gasteiger partial charge on any atom is 0.317 e. The van der Waals surface area contributed by atoms with Gasteiger partial charge in [-0.1, -0.05) is 13.8 Å². The number of rotatable bonds is 2. The van der Waals surface area contributed by atoms with Gasteiger partial charge in [-0.05, 0) is 55.8 Å². The minimum atomic E-state index is -0.371. The third-order valence-corrected chi connectivity index (χ3v) is 7.42. The lowest BCUT2D eigenvalue weighted by atomic mass is 9.56. The molecule has 6 nitrogen and oxygen atoms in total. The van der Waals surface area contributed by atoms with Gasteiger partial charge in [0.15, 0.2) is 0 Å². The van der Waals surface area contributed by atoms with Crippen molar-refractivity contribution >= 4 is 23.9 Å². The summed E-state index contributed by atoms with van der Waals surface area (Å²) in [5.74, 6) is -2.00. The van der Waals surface area contributed by atoms with Gasteiger partial charge in [0.2, 0.25) is 0 Å². The van der Waals surface area contributed by atoms with Gasteiger partial charge in [-0.2, -0.15) is 0 Å². The highest BCUT2D eigenvalue weighted by atomic mass is 16.6. The molecule has 4 aliphatic rings. The first-order valence-corrected chi connectivity index (χ1v) is 9.30. The topological polar surface area (TPSA) is 86.7 Å². The molecular formula is C19H24O6. The van der Waals surface area contributed by atoms with Gasteiger partial charge >= 0.3 is 23.9 Å². The Labute approximate surface area is 146 Å². The highest BCUT2D eigenvalue weighted by molar-refractivity contribution is 5.97. The minimum absolute atomic E-state index is 0.0617. The van der Waals surface area contributed by atoms with Crippen molar-refractivity contribution in [3.05, 3.63) is 0 Å². The average molecular weight is 348 g/mol. The van der Waals surface area contributed by atoms with Crippen molar-refractivity contribution in [2.75, 3.05) is 0 Å². The molecule has 136 valence electrons. The molecular weight excluding hydrogens is 324 g/mol. The van der Waals surface area contributed by atoms with Crippen molar-refractivity contribution in [1.29, 1.82) is 0 Å². The molecule has 25 heavy (non-hydrogen) atoms. The van der Waals surface area contributed by atoms with E-state index in [2.05, 4.69) is 13.8 Å². The summed E-state index contributed by atoms with van der Waals surface area (Å²) in [4.78, 5) is 47.4. The molecule has 0 amide bonds. The molecule has 2 aliphatic carbocycles. The number of cyclic esters (lactones) is 4. The van der Waals surface area contributed by atoms with Crippen LogP contribution in [0, 0.1) is 40.9 Å². The lowest BCUT2D eigenvalue weighted by Gasteiger charge is -2.47. The van der Waals surface area contributed by atoms with Crippen molar-refractivity contribution in [1.82, 2.24) is 0 Å². The van der Waals surface area contributed by atoms with E-state index in [9.17, 15) is 19.2 Å². The predicted molar refractivity (Wildman–Crippen MR) is 84.6 cm³/mol. The van der Waals surface area contributed by atoms with E-state index >= 15 is 0 Å². The quantitative estimate of drug-likeness (QED) is 0.562. The molecule has 6 unspecified atom stereocenters. The molecule has 4 fully saturated rings. The molecule has 0 aromatic carbocycles. The summed E-state index contributed by atoms with van der Waals surface area (Å²) in [6.45, 7) is 4.40. The Morgan fingerprint density at radius 1 is 0.640 bits per heavy atom. The fraction of sp³-hybridized carbons (Fsp3) is 0.789. The normalized spacial score (nSPS) is 41.2. The van der Waals surface area contributed by atoms with Crippen LogP contribution >= 0.6 is 0 Å². The molecule has 6 heteroatoms. The van der Waals surface area contributed by atoms with Crippen LogP contribution < -0.4 is 0 Å². The van der Waals surface area contributed by atoms with Crippen LogP contribution in [0.5, 0.6) is 0 Å². The van der Waals surface area contributed by atoms with Crippen LogP contribution in [-0.2, 0) is 28.7 Å². The molecule has 0 radical (unpaired) electrons. The van der Waals surface area contributed by atoms with Crippen LogP contribution in [0.1, 0.15) is 52.4 Å². The minimum Gasteiger partial charge on any atom is -0.393 e. The standard InChI is InChI=1S/C19H24O6/c1-19(2,9-3-5-11-13(7-9)17(22)24-15(11)20)10-4-6-12-14(8-10)18(23)25-16(12)21/h9-14H,3-8H2,1-2H3. The van der Waals surface area contributed by atoms with E-state index in [0.29, 0.717) is 37.5 Å². The van der Waals surface area contributed by atoms with E-state index in [-0.39, 0.29) is 53.0 Å². The molecule has 4 rings (SSSR count). The number of carbonyl (C=O) groups excluding carboxylic acids is 4. The first kappa shape index (κ1) is 16.7. The molecule has 0 aromatic heterocycles. The van der Waals surface area contributed by atoms with Crippen molar-refractivity contribution in [3.8, 4) is 0 Å². The third-order valence-electron chi connectivity index (χ3n) is 7.42. The summed E-state index contributed by atoms with van der Waals surface area (Å²) >= 11 is 0. The molecule has 0 spiro atoms. The van der Waals surface area contributed by atoms with Gasteiger partial charge in [0.05, 0.1) is 23.7 Å². The first-order valence-electron chi connectivity index (χ1n) is 9.30. The molecule has 2 saturated carbocycles. The Balaban J connectivity index is 1.48. The lowest BCUT2D eigenvalue weighted by Crippen LogP contribution is -2.42.